The van der Waals surface area contributed by atoms with Crippen LogP contribution in [0.25, 0.3) is 5.57 Å². The Morgan fingerprint density at radius 2 is 1.94 bits per heavy atom. The molecule has 1 rings (SSSR count). The van der Waals surface area contributed by atoms with Crippen molar-refractivity contribution in [2.45, 2.75) is 6.92 Å². The van der Waals surface area contributed by atoms with Gasteiger partial charge in [0.1, 0.15) is 0 Å². The van der Waals surface area contributed by atoms with Crippen LogP contribution < -0.4 is 5.73 Å². The topological polar surface area (TPSA) is 69.4 Å². The van der Waals surface area contributed by atoms with Crippen LogP contribution in [0, 0.1) is 0 Å². The Hall–Kier alpha value is -1.81. The van der Waals surface area contributed by atoms with E-state index in [9.17, 15) is 9.59 Å². The van der Waals surface area contributed by atoms with E-state index in [-0.39, 0.29) is 12.2 Å². The molecule has 17 heavy (non-hydrogen) atoms. The van der Waals surface area contributed by atoms with E-state index in [0.29, 0.717) is 10.6 Å². The number of amides is 1. The summed E-state index contributed by atoms with van der Waals surface area (Å²) >= 11 is 5.72. The zero-order valence-electron chi connectivity index (χ0n) is 9.27. The summed E-state index contributed by atoms with van der Waals surface area (Å²) in [7, 11) is 0. The average molecular weight is 254 g/mol. The number of hydrogen-bond donors (Lipinski definition) is 1. The molecular weight excluding hydrogens is 242 g/mol. The van der Waals surface area contributed by atoms with Crippen LogP contribution in [0.1, 0.15) is 12.5 Å². The molecule has 0 unspecified atom stereocenters. The first-order valence-electron chi connectivity index (χ1n) is 4.98. The summed E-state index contributed by atoms with van der Waals surface area (Å²) in [5.41, 5.74) is 5.82. The van der Waals surface area contributed by atoms with Crippen LogP contribution in [0.15, 0.2) is 30.3 Å². The van der Waals surface area contributed by atoms with E-state index in [4.69, 9.17) is 22.1 Å². The first kappa shape index (κ1) is 13.3. The van der Waals surface area contributed by atoms with Crippen LogP contribution in [-0.2, 0) is 14.3 Å². The lowest BCUT2D eigenvalue weighted by Gasteiger charge is -2.04. The zero-order chi connectivity index (χ0) is 12.8. The van der Waals surface area contributed by atoms with E-state index < -0.39 is 11.9 Å². The highest BCUT2D eigenvalue weighted by Crippen LogP contribution is 2.17. The fourth-order valence-corrected chi connectivity index (χ4v) is 1.35. The number of ether oxygens (including phenoxy) is 1. The minimum Gasteiger partial charge on any atom is -0.463 e. The number of halogens is 1. The van der Waals surface area contributed by atoms with Gasteiger partial charge in [-0.3, -0.25) is 4.79 Å². The van der Waals surface area contributed by atoms with Crippen LogP contribution >= 0.6 is 11.6 Å². The Bertz CT molecular complexity index is 451. The number of benzene rings is 1. The van der Waals surface area contributed by atoms with Gasteiger partial charge in [0.15, 0.2) is 0 Å². The van der Waals surface area contributed by atoms with Crippen LogP contribution in [0.3, 0.4) is 0 Å². The fraction of sp³-hybridized carbons (Fsp3) is 0.167. The molecule has 0 fully saturated rings. The lowest BCUT2D eigenvalue weighted by Crippen LogP contribution is -2.15. The van der Waals surface area contributed by atoms with Crippen molar-refractivity contribution in [2.75, 3.05) is 6.61 Å². The predicted molar refractivity (Wildman–Crippen MR) is 65.3 cm³/mol. The zero-order valence-corrected chi connectivity index (χ0v) is 10.0. The quantitative estimate of drug-likeness (QED) is 0.657. The maximum absolute atomic E-state index is 11.3. The summed E-state index contributed by atoms with van der Waals surface area (Å²) in [6, 6.07) is 6.44. The SMILES string of the molecule is CCOC(=O)/C=C(\C(N)=O)c1ccc(Cl)cc1. The fourth-order valence-electron chi connectivity index (χ4n) is 1.23. The molecule has 1 amide bonds. The van der Waals surface area contributed by atoms with Crippen molar-refractivity contribution in [1.29, 1.82) is 0 Å². The molecule has 4 nitrogen and oxygen atoms in total. The normalized spacial score (nSPS) is 11.1. The van der Waals surface area contributed by atoms with Crippen LogP contribution in [0.5, 0.6) is 0 Å². The van der Waals surface area contributed by atoms with Gasteiger partial charge in [0.2, 0.25) is 5.91 Å². The molecule has 0 aliphatic rings. The van der Waals surface area contributed by atoms with Crippen LogP contribution in [0.2, 0.25) is 5.02 Å². The molecule has 0 spiro atoms. The van der Waals surface area contributed by atoms with Crippen molar-refractivity contribution < 1.29 is 14.3 Å². The molecule has 0 saturated heterocycles. The molecule has 90 valence electrons. The molecule has 2 N–H and O–H groups in total. The molecule has 5 heteroatoms. The van der Waals surface area contributed by atoms with Gasteiger partial charge >= 0.3 is 5.97 Å². The second kappa shape index (κ2) is 6.06. The number of carbonyl (C=O) groups excluding carboxylic acids is 2. The molecule has 0 aromatic heterocycles. The van der Waals surface area contributed by atoms with Gasteiger partial charge in [-0.15, -0.1) is 0 Å². The Balaban J connectivity index is 3.05. The predicted octanol–water partition coefficient (Wildman–Crippen LogP) is 1.77. The summed E-state index contributed by atoms with van der Waals surface area (Å²) in [6.45, 7) is 1.92. The van der Waals surface area contributed by atoms with Crippen molar-refractivity contribution in [3.63, 3.8) is 0 Å². The molecule has 1 aromatic rings. The standard InChI is InChI=1S/C12H12ClNO3/c1-2-17-11(15)7-10(12(14)16)8-3-5-9(13)6-4-8/h3-7H,2H2,1H3,(H2,14,16)/b10-7-. The highest BCUT2D eigenvalue weighted by Gasteiger charge is 2.11. The Morgan fingerprint density at radius 1 is 1.35 bits per heavy atom. The number of nitrogens with two attached hydrogens (primary N) is 1. The summed E-state index contributed by atoms with van der Waals surface area (Å²) in [4.78, 5) is 22.5. The van der Waals surface area contributed by atoms with Gasteiger partial charge in [0.05, 0.1) is 12.2 Å². The summed E-state index contributed by atoms with van der Waals surface area (Å²) in [5, 5.41) is 0.536. The van der Waals surface area contributed by atoms with Crippen LogP contribution in [0.4, 0.5) is 0 Å². The molecular formula is C12H12ClNO3. The second-order valence-electron chi connectivity index (χ2n) is 3.18. The lowest BCUT2D eigenvalue weighted by atomic mass is 10.1. The van der Waals surface area contributed by atoms with E-state index in [0.717, 1.165) is 6.08 Å². The van der Waals surface area contributed by atoms with Gasteiger partial charge in [0, 0.05) is 11.1 Å². The first-order valence-corrected chi connectivity index (χ1v) is 5.36. The molecule has 0 atom stereocenters. The smallest absolute Gasteiger partial charge is 0.331 e. The molecule has 0 aliphatic heterocycles. The minimum absolute atomic E-state index is 0.0973. The van der Waals surface area contributed by atoms with E-state index in [1.54, 1.807) is 31.2 Å². The Morgan fingerprint density at radius 3 is 2.41 bits per heavy atom. The number of primary amides is 1. The lowest BCUT2D eigenvalue weighted by molar-refractivity contribution is -0.137. The summed E-state index contributed by atoms with van der Waals surface area (Å²) in [5.74, 6) is -1.29. The van der Waals surface area contributed by atoms with E-state index in [1.807, 2.05) is 0 Å². The van der Waals surface area contributed by atoms with E-state index >= 15 is 0 Å². The van der Waals surface area contributed by atoms with Gasteiger partial charge < -0.3 is 10.5 Å². The number of esters is 1. The largest absolute Gasteiger partial charge is 0.463 e. The van der Waals surface area contributed by atoms with Crippen molar-refractivity contribution in [3.05, 3.63) is 40.9 Å². The average Bonchev–Trinajstić information content (AvgIpc) is 2.27. The minimum atomic E-state index is -0.694. The van der Waals surface area contributed by atoms with E-state index in [2.05, 4.69) is 0 Å². The molecule has 1 aromatic carbocycles. The van der Waals surface area contributed by atoms with Gasteiger partial charge in [-0.05, 0) is 24.6 Å². The van der Waals surface area contributed by atoms with Crippen molar-refractivity contribution in [2.24, 2.45) is 5.73 Å². The second-order valence-corrected chi connectivity index (χ2v) is 3.62. The molecule has 0 saturated carbocycles. The highest BCUT2D eigenvalue weighted by molar-refractivity contribution is 6.30. The van der Waals surface area contributed by atoms with Crippen molar-refractivity contribution in [3.8, 4) is 0 Å². The number of hydrogen-bond acceptors (Lipinski definition) is 3. The van der Waals surface area contributed by atoms with Gasteiger partial charge in [-0.2, -0.15) is 0 Å². The summed E-state index contributed by atoms with van der Waals surface area (Å²) < 4.78 is 4.72. The maximum atomic E-state index is 11.3. The maximum Gasteiger partial charge on any atom is 0.331 e. The number of carbonyl (C=O) groups is 2. The monoisotopic (exact) mass is 253 g/mol. The third kappa shape index (κ3) is 3.92. The highest BCUT2D eigenvalue weighted by atomic mass is 35.5. The van der Waals surface area contributed by atoms with Crippen LogP contribution in [-0.4, -0.2) is 18.5 Å². The van der Waals surface area contributed by atoms with Gasteiger partial charge in [-0.1, -0.05) is 23.7 Å². The number of rotatable bonds is 4. The molecule has 0 bridgehead atoms. The third-order valence-corrected chi connectivity index (χ3v) is 2.22. The third-order valence-electron chi connectivity index (χ3n) is 1.97. The molecule has 0 heterocycles. The van der Waals surface area contributed by atoms with Gasteiger partial charge in [-0.25, -0.2) is 4.79 Å². The summed E-state index contributed by atoms with van der Waals surface area (Å²) in [6.07, 6.45) is 1.08. The molecule has 0 radical (unpaired) electrons. The van der Waals surface area contributed by atoms with E-state index in [1.165, 1.54) is 0 Å². The van der Waals surface area contributed by atoms with Crippen molar-refractivity contribution in [1.82, 2.24) is 0 Å². The first-order chi connectivity index (χ1) is 8.04. The van der Waals surface area contributed by atoms with Gasteiger partial charge in [0.25, 0.3) is 0 Å². The Kier molecular flexibility index (Phi) is 4.72. The molecule has 0 aliphatic carbocycles. The Labute approximate surface area is 104 Å². The van der Waals surface area contributed by atoms with Crippen molar-refractivity contribution >= 4 is 29.1 Å².